The van der Waals surface area contributed by atoms with Crippen molar-refractivity contribution in [2.24, 2.45) is 0 Å². The minimum Gasteiger partial charge on any atom is -0.307 e. The molecule has 0 aromatic rings. The Morgan fingerprint density at radius 3 is 1.84 bits per heavy atom. The molecule has 0 fully saturated rings. The molecule has 0 radical (unpaired) electrons. The monoisotopic (exact) mass is 306 g/mol. The van der Waals surface area contributed by atoms with Crippen molar-refractivity contribution < 1.29 is 4.68 Å². The number of likely N-dealkylation sites (N-methyl/N-ethyl adjacent to an activating group) is 2. The lowest BCUT2D eigenvalue weighted by atomic mass is 10.5. The molecule has 19 heavy (non-hydrogen) atoms. The summed E-state index contributed by atoms with van der Waals surface area (Å²) < 4.78 is 2.38. The van der Waals surface area contributed by atoms with Gasteiger partial charge in [0.2, 0.25) is 5.55 Å². The molecule has 1 heterocycles. The molecule has 0 saturated carbocycles. The number of nitrogens with zero attached hydrogens (tertiary/aromatic N) is 5. The van der Waals surface area contributed by atoms with Crippen LogP contribution in [0.2, 0.25) is 0 Å². The molecule has 0 aromatic heterocycles. The van der Waals surface area contributed by atoms with E-state index < -0.39 is 0 Å². The first-order chi connectivity index (χ1) is 8.91. The molecule has 0 N–H and O–H groups in total. The van der Waals surface area contributed by atoms with Crippen LogP contribution in [0.1, 0.15) is 0 Å². The predicted octanol–water partition coefficient (Wildman–Crippen LogP) is 0.608. The fraction of sp³-hybridized carbons (Fsp3) is 0.917. The zero-order valence-corrected chi connectivity index (χ0v) is 14.7. The van der Waals surface area contributed by atoms with Crippen molar-refractivity contribution in [3.05, 3.63) is 0 Å². The van der Waals surface area contributed by atoms with Crippen molar-refractivity contribution in [3.8, 4) is 0 Å². The largest absolute Gasteiger partial charge is 0.307 e. The fourth-order valence-electron chi connectivity index (χ4n) is 1.72. The smallest absolute Gasteiger partial charge is 0.295 e. The Labute approximate surface area is 126 Å². The summed E-state index contributed by atoms with van der Waals surface area (Å²) in [5.41, 5.74) is 2.63. The van der Waals surface area contributed by atoms with E-state index in [1.54, 1.807) is 0 Å². The molecule has 7 heteroatoms. The van der Waals surface area contributed by atoms with E-state index in [0.29, 0.717) is 5.50 Å². The molecule has 0 spiro atoms. The number of hydrazine groups is 1. The molecule has 1 aliphatic rings. The van der Waals surface area contributed by atoms with Gasteiger partial charge < -0.3 is 9.80 Å². The third kappa shape index (κ3) is 5.91. The third-order valence-electron chi connectivity index (χ3n) is 2.90. The summed E-state index contributed by atoms with van der Waals surface area (Å²) in [5.74, 6) is 0. The first-order valence-electron chi connectivity index (χ1n) is 6.56. The van der Waals surface area contributed by atoms with Gasteiger partial charge in [-0.3, -0.25) is 0 Å². The van der Waals surface area contributed by atoms with Gasteiger partial charge in [-0.1, -0.05) is 4.68 Å². The zero-order chi connectivity index (χ0) is 14.4. The van der Waals surface area contributed by atoms with Crippen LogP contribution in [0.25, 0.3) is 0 Å². The van der Waals surface area contributed by atoms with E-state index in [9.17, 15) is 0 Å². The van der Waals surface area contributed by atoms with E-state index in [4.69, 9.17) is 0 Å². The van der Waals surface area contributed by atoms with Crippen molar-refractivity contribution >= 4 is 27.1 Å². The Balaban J connectivity index is 2.65. The van der Waals surface area contributed by atoms with Gasteiger partial charge in [0.1, 0.15) is 0 Å². The van der Waals surface area contributed by atoms with Crippen LogP contribution in [0.15, 0.2) is 0 Å². The SMILES string of the molecule is CN(C)CCN(CCN(C)C)[N+]1=CSSC1N(C)C. The summed E-state index contributed by atoms with van der Waals surface area (Å²) in [4.78, 5) is 6.74. The van der Waals surface area contributed by atoms with Crippen molar-refractivity contribution in [1.29, 1.82) is 0 Å². The molecular weight excluding hydrogens is 278 g/mol. The average Bonchev–Trinajstić information content (AvgIpc) is 2.77. The molecule has 0 saturated heterocycles. The molecule has 5 nitrogen and oxygen atoms in total. The van der Waals surface area contributed by atoms with Gasteiger partial charge in [-0.05, 0) is 42.3 Å². The van der Waals surface area contributed by atoms with Crippen molar-refractivity contribution in [2.75, 3.05) is 68.5 Å². The Morgan fingerprint density at radius 1 is 0.895 bits per heavy atom. The highest BCUT2D eigenvalue weighted by Gasteiger charge is 2.35. The summed E-state index contributed by atoms with van der Waals surface area (Å²) >= 11 is 0. The maximum atomic E-state index is 2.46. The van der Waals surface area contributed by atoms with E-state index in [1.165, 1.54) is 0 Å². The van der Waals surface area contributed by atoms with Crippen LogP contribution in [0.3, 0.4) is 0 Å². The molecule has 1 atom stereocenters. The van der Waals surface area contributed by atoms with Crippen LogP contribution < -0.4 is 0 Å². The Kier molecular flexibility index (Phi) is 7.53. The molecule has 1 rings (SSSR count). The molecule has 1 unspecified atom stereocenters. The quantitative estimate of drug-likeness (QED) is 0.479. The van der Waals surface area contributed by atoms with Gasteiger partial charge in [0.05, 0.1) is 13.1 Å². The predicted molar refractivity (Wildman–Crippen MR) is 87.7 cm³/mol. The summed E-state index contributed by atoms with van der Waals surface area (Å²) in [6.07, 6.45) is 0. The standard InChI is InChI=1S/C12H28N5S2/c1-13(2)7-9-16(10-8-14(3)4)17-11-18-19-12(17)15(5)6/h11-12H,7-10H2,1-6H3/q+1. The minimum atomic E-state index is 0.398. The van der Waals surface area contributed by atoms with Crippen LogP contribution in [-0.4, -0.2) is 104 Å². The summed E-state index contributed by atoms with van der Waals surface area (Å²) in [5, 5.41) is 2.46. The first-order valence-corrected chi connectivity index (χ1v) is 8.84. The Bertz CT molecular complexity index is 282. The minimum absolute atomic E-state index is 0.398. The topological polar surface area (TPSA) is 16.0 Å². The fourth-order valence-corrected chi connectivity index (χ4v) is 4.23. The van der Waals surface area contributed by atoms with E-state index in [2.05, 4.69) is 72.2 Å². The highest BCUT2D eigenvalue weighted by atomic mass is 33.1. The van der Waals surface area contributed by atoms with E-state index in [-0.39, 0.29) is 0 Å². The number of hydrazone groups is 1. The molecule has 0 aromatic carbocycles. The normalized spacial score (nSPS) is 19.6. The van der Waals surface area contributed by atoms with Crippen LogP contribution >= 0.6 is 21.6 Å². The number of rotatable bonds is 8. The van der Waals surface area contributed by atoms with Gasteiger partial charge in [0.15, 0.2) is 0 Å². The highest BCUT2D eigenvalue weighted by Crippen LogP contribution is 2.33. The average molecular weight is 307 g/mol. The molecule has 1 aliphatic heterocycles. The number of hydrogen-bond donors (Lipinski definition) is 0. The first kappa shape index (κ1) is 17.1. The molecule has 0 bridgehead atoms. The highest BCUT2D eigenvalue weighted by molar-refractivity contribution is 8.82. The van der Waals surface area contributed by atoms with Crippen LogP contribution in [-0.2, 0) is 0 Å². The van der Waals surface area contributed by atoms with Crippen molar-refractivity contribution in [3.63, 3.8) is 0 Å². The van der Waals surface area contributed by atoms with Gasteiger partial charge in [-0.2, -0.15) is 5.01 Å². The van der Waals surface area contributed by atoms with Crippen LogP contribution in [0.5, 0.6) is 0 Å². The van der Waals surface area contributed by atoms with Gasteiger partial charge in [-0.15, -0.1) is 0 Å². The van der Waals surface area contributed by atoms with E-state index in [1.807, 2.05) is 21.6 Å². The Hall–Kier alpha value is 0.0500. The maximum absolute atomic E-state index is 2.46. The van der Waals surface area contributed by atoms with Crippen molar-refractivity contribution in [1.82, 2.24) is 19.7 Å². The van der Waals surface area contributed by atoms with Crippen LogP contribution in [0, 0.1) is 0 Å². The second-order valence-electron chi connectivity index (χ2n) is 5.53. The lowest BCUT2D eigenvalue weighted by molar-refractivity contribution is -0.707. The maximum Gasteiger partial charge on any atom is 0.295 e. The van der Waals surface area contributed by atoms with Gasteiger partial charge in [0, 0.05) is 34.7 Å². The Morgan fingerprint density at radius 2 is 1.42 bits per heavy atom. The zero-order valence-electron chi connectivity index (χ0n) is 13.0. The lowest BCUT2D eigenvalue weighted by Gasteiger charge is -2.27. The van der Waals surface area contributed by atoms with Gasteiger partial charge in [0.25, 0.3) is 5.50 Å². The van der Waals surface area contributed by atoms with Crippen molar-refractivity contribution in [2.45, 2.75) is 5.50 Å². The number of hydrogen-bond acceptors (Lipinski definition) is 6. The van der Waals surface area contributed by atoms with E-state index in [0.717, 1.165) is 26.2 Å². The summed E-state index contributed by atoms with van der Waals surface area (Å²) in [6.45, 7) is 4.27. The second kappa shape index (κ2) is 8.36. The van der Waals surface area contributed by atoms with Gasteiger partial charge >= 0.3 is 0 Å². The van der Waals surface area contributed by atoms with E-state index >= 15 is 0 Å². The summed E-state index contributed by atoms with van der Waals surface area (Å²) in [6, 6.07) is 0. The second-order valence-corrected chi connectivity index (χ2v) is 7.70. The van der Waals surface area contributed by atoms with Gasteiger partial charge in [-0.25, -0.2) is 4.90 Å². The third-order valence-corrected chi connectivity index (χ3v) is 5.23. The molecule has 0 amide bonds. The molecule has 0 aliphatic carbocycles. The lowest BCUT2D eigenvalue weighted by Crippen LogP contribution is -2.48. The van der Waals surface area contributed by atoms with Crippen LogP contribution in [0.4, 0.5) is 0 Å². The molecule has 112 valence electrons. The summed E-state index contributed by atoms with van der Waals surface area (Å²) in [7, 11) is 16.5. The molecular formula is C12H28N5S2+.